The van der Waals surface area contributed by atoms with Crippen molar-refractivity contribution in [2.45, 2.75) is 16.7 Å². The summed E-state index contributed by atoms with van der Waals surface area (Å²) < 4.78 is 97.5. The largest absolute Gasteiger partial charge is 0.367 e. The van der Waals surface area contributed by atoms with E-state index in [4.69, 9.17) is 5.73 Å². The second-order valence-corrected chi connectivity index (χ2v) is 15.3. The standard InChI is InChI=1S/C20H31FN6O7S3/c1-24(2)35(29,30)19-20(18(22)28,36(31,32)25(3)4)27(14-11-23-19)37(33,34)26-12-9-16(10-13-26)15-5-7-17(21)8-6-15/h5-9,19,23H,10-14H2,1-4H3,(H2,22,28)/t19?,20-/m1/s1. The summed E-state index contributed by atoms with van der Waals surface area (Å²) in [5.74, 6) is -2.08. The van der Waals surface area contributed by atoms with E-state index in [2.05, 4.69) is 5.32 Å². The third-order valence-electron chi connectivity index (χ3n) is 6.40. The quantitative estimate of drug-likeness (QED) is 0.367. The smallest absolute Gasteiger partial charge is 0.284 e. The van der Waals surface area contributed by atoms with Crippen LogP contribution in [0.4, 0.5) is 4.39 Å². The summed E-state index contributed by atoms with van der Waals surface area (Å²) in [6.45, 7) is -1.10. The molecule has 1 saturated heterocycles. The van der Waals surface area contributed by atoms with E-state index >= 15 is 0 Å². The fourth-order valence-corrected chi connectivity index (χ4v) is 10.4. The summed E-state index contributed by atoms with van der Waals surface area (Å²) in [5, 5.41) is 0.285. The Hall–Kier alpha value is -1.99. The lowest BCUT2D eigenvalue weighted by Gasteiger charge is -2.49. The van der Waals surface area contributed by atoms with Crippen molar-refractivity contribution in [1.82, 2.24) is 22.5 Å². The highest BCUT2D eigenvalue weighted by Gasteiger charge is 2.70. The molecular formula is C20H31FN6O7S3. The Balaban J connectivity index is 2.15. The lowest BCUT2D eigenvalue weighted by Crippen LogP contribution is -2.80. The van der Waals surface area contributed by atoms with Crippen LogP contribution in [0.1, 0.15) is 12.0 Å². The molecule has 17 heteroatoms. The zero-order chi connectivity index (χ0) is 28.0. The molecule has 208 valence electrons. The van der Waals surface area contributed by atoms with Crippen LogP contribution >= 0.6 is 0 Å². The average Bonchev–Trinajstić information content (AvgIpc) is 2.83. The number of carbonyl (C=O) groups excluding carboxylic acids is 1. The molecular weight excluding hydrogens is 551 g/mol. The third kappa shape index (κ3) is 4.82. The summed E-state index contributed by atoms with van der Waals surface area (Å²) in [5.41, 5.74) is 7.05. The first-order valence-corrected chi connectivity index (χ1v) is 15.5. The maximum Gasteiger partial charge on any atom is 0.284 e. The summed E-state index contributed by atoms with van der Waals surface area (Å²) in [6, 6.07) is 5.66. The second kappa shape index (κ2) is 10.3. The monoisotopic (exact) mass is 582 g/mol. The topological polar surface area (TPSA) is 170 Å². The van der Waals surface area contributed by atoms with Crippen LogP contribution in [0.3, 0.4) is 0 Å². The van der Waals surface area contributed by atoms with Crippen LogP contribution in [0.2, 0.25) is 0 Å². The molecule has 0 spiro atoms. The molecule has 1 aromatic carbocycles. The Morgan fingerprint density at radius 2 is 1.62 bits per heavy atom. The van der Waals surface area contributed by atoms with Gasteiger partial charge in [-0.2, -0.15) is 17.0 Å². The lowest BCUT2D eigenvalue weighted by molar-refractivity contribution is -0.124. The number of piperazine rings is 1. The molecule has 1 unspecified atom stereocenters. The van der Waals surface area contributed by atoms with Crippen LogP contribution in [0.15, 0.2) is 30.3 Å². The van der Waals surface area contributed by atoms with Gasteiger partial charge in [-0.25, -0.2) is 29.8 Å². The maximum absolute atomic E-state index is 13.9. The number of benzene rings is 1. The number of sulfonamides is 2. The van der Waals surface area contributed by atoms with Crippen molar-refractivity contribution < 1.29 is 34.4 Å². The van der Waals surface area contributed by atoms with Gasteiger partial charge in [0.05, 0.1) is 0 Å². The van der Waals surface area contributed by atoms with E-state index in [1.54, 1.807) is 18.2 Å². The first-order valence-electron chi connectivity index (χ1n) is 11.1. The molecule has 1 aromatic rings. The Morgan fingerprint density at radius 1 is 1.03 bits per heavy atom. The third-order valence-corrected chi connectivity index (χ3v) is 13.2. The zero-order valence-corrected chi connectivity index (χ0v) is 23.3. The van der Waals surface area contributed by atoms with Gasteiger partial charge in [-0.1, -0.05) is 18.2 Å². The summed E-state index contributed by atoms with van der Waals surface area (Å²) >= 11 is 0. The Bertz CT molecular complexity index is 1400. The number of halogens is 1. The van der Waals surface area contributed by atoms with Crippen molar-refractivity contribution in [3.8, 4) is 0 Å². The van der Waals surface area contributed by atoms with Crippen molar-refractivity contribution in [1.29, 1.82) is 0 Å². The van der Waals surface area contributed by atoms with E-state index in [-0.39, 0.29) is 26.1 Å². The van der Waals surface area contributed by atoms with E-state index in [9.17, 15) is 34.4 Å². The predicted octanol–water partition coefficient (Wildman–Crippen LogP) is -1.64. The van der Waals surface area contributed by atoms with E-state index in [0.717, 1.165) is 38.1 Å². The maximum atomic E-state index is 13.9. The first-order chi connectivity index (χ1) is 17.0. The van der Waals surface area contributed by atoms with Crippen LogP contribution in [0.25, 0.3) is 5.57 Å². The van der Waals surface area contributed by atoms with Gasteiger partial charge in [-0.05, 0) is 29.7 Å². The average molecular weight is 583 g/mol. The van der Waals surface area contributed by atoms with Crippen molar-refractivity contribution in [2.24, 2.45) is 5.73 Å². The number of nitrogens with zero attached hydrogens (tertiary/aromatic N) is 4. The Labute approximate surface area is 217 Å². The van der Waals surface area contributed by atoms with Gasteiger partial charge in [-0.15, -0.1) is 0 Å². The van der Waals surface area contributed by atoms with Crippen LogP contribution in [0, 0.1) is 5.82 Å². The van der Waals surface area contributed by atoms with Crippen molar-refractivity contribution in [2.75, 3.05) is 54.4 Å². The molecule has 0 saturated carbocycles. The molecule has 2 atom stereocenters. The molecule has 2 heterocycles. The first kappa shape index (κ1) is 29.6. The molecule has 37 heavy (non-hydrogen) atoms. The Kier molecular flexibility index (Phi) is 8.22. The number of primary amides is 1. The zero-order valence-electron chi connectivity index (χ0n) is 20.8. The highest BCUT2D eigenvalue weighted by atomic mass is 32.2. The molecule has 3 rings (SSSR count). The molecule has 2 aliphatic rings. The van der Waals surface area contributed by atoms with Crippen LogP contribution in [-0.2, 0) is 35.1 Å². The Morgan fingerprint density at radius 3 is 2.08 bits per heavy atom. The van der Waals surface area contributed by atoms with Gasteiger partial charge in [0.1, 0.15) is 5.82 Å². The van der Waals surface area contributed by atoms with Gasteiger partial charge in [0, 0.05) is 54.4 Å². The van der Waals surface area contributed by atoms with Gasteiger partial charge in [-0.3, -0.25) is 10.1 Å². The number of nitrogens with one attached hydrogen (secondary N) is 1. The van der Waals surface area contributed by atoms with Gasteiger partial charge in [0.15, 0.2) is 5.37 Å². The second-order valence-electron chi connectivity index (χ2n) is 8.93. The molecule has 1 fully saturated rings. The fourth-order valence-electron chi connectivity index (χ4n) is 4.38. The molecule has 13 nitrogen and oxygen atoms in total. The van der Waals surface area contributed by atoms with Crippen molar-refractivity contribution in [3.63, 3.8) is 0 Å². The van der Waals surface area contributed by atoms with E-state index < -0.39 is 58.8 Å². The fraction of sp³-hybridized carbons (Fsp3) is 0.550. The summed E-state index contributed by atoms with van der Waals surface area (Å²) in [7, 11) is -9.98. The molecule has 0 radical (unpaired) electrons. The highest BCUT2D eigenvalue weighted by Crippen LogP contribution is 2.38. The number of nitrogens with two attached hydrogens (primary N) is 1. The number of carbonyl (C=O) groups is 1. The van der Waals surface area contributed by atoms with Gasteiger partial charge in [0.2, 0.25) is 20.0 Å². The molecule has 0 bridgehead atoms. The molecule has 2 aliphatic heterocycles. The summed E-state index contributed by atoms with van der Waals surface area (Å²) in [6.07, 6.45) is 1.80. The van der Waals surface area contributed by atoms with E-state index in [0.29, 0.717) is 18.5 Å². The minimum atomic E-state index is -5.00. The number of amides is 1. The van der Waals surface area contributed by atoms with Gasteiger partial charge < -0.3 is 5.73 Å². The minimum Gasteiger partial charge on any atom is -0.367 e. The van der Waals surface area contributed by atoms with Crippen molar-refractivity contribution in [3.05, 3.63) is 41.7 Å². The van der Waals surface area contributed by atoms with Crippen molar-refractivity contribution >= 4 is 41.7 Å². The van der Waals surface area contributed by atoms with Gasteiger partial charge >= 0.3 is 0 Å². The SMILES string of the molecule is CN(C)S(=O)(=O)C1NCCN(S(=O)(=O)N2CC=C(c3ccc(F)cc3)CC2)[C@]1(C(N)=O)S(=O)(=O)N(C)C. The molecule has 1 amide bonds. The van der Waals surface area contributed by atoms with Crippen LogP contribution < -0.4 is 11.1 Å². The molecule has 0 aliphatic carbocycles. The summed E-state index contributed by atoms with van der Waals surface area (Å²) in [4.78, 5) is 9.81. The van der Waals surface area contributed by atoms with Crippen LogP contribution in [0.5, 0.6) is 0 Å². The van der Waals surface area contributed by atoms with E-state index in [1.807, 2.05) is 0 Å². The minimum absolute atomic E-state index is 0.0998. The number of hydrogen-bond donors (Lipinski definition) is 2. The molecule has 3 N–H and O–H groups in total. The normalized spacial score (nSPS) is 24.8. The number of hydrogen-bond acceptors (Lipinski definition) is 8. The van der Waals surface area contributed by atoms with Gasteiger partial charge in [0.25, 0.3) is 21.0 Å². The number of rotatable bonds is 8. The molecule has 0 aromatic heterocycles. The predicted molar refractivity (Wildman–Crippen MR) is 135 cm³/mol. The van der Waals surface area contributed by atoms with Crippen LogP contribution in [-0.4, -0.2) is 113 Å². The van der Waals surface area contributed by atoms with E-state index in [1.165, 1.54) is 12.1 Å². The highest BCUT2D eigenvalue weighted by molar-refractivity contribution is 7.96. The lowest BCUT2D eigenvalue weighted by atomic mass is 10.0.